The fourth-order valence-electron chi connectivity index (χ4n) is 2.29. The summed E-state index contributed by atoms with van der Waals surface area (Å²) in [6.07, 6.45) is 1.13. The molecule has 0 fully saturated rings. The SMILES string of the molecule is CCCNC(c1ccc(Br)cc1C)c1sc(C)cc1Br. The van der Waals surface area contributed by atoms with Crippen molar-refractivity contribution >= 4 is 43.2 Å². The molecule has 1 aromatic heterocycles. The molecule has 4 heteroatoms. The minimum absolute atomic E-state index is 0.260. The molecular formula is C16H19Br2NS. The second kappa shape index (κ2) is 7.21. The first-order chi connectivity index (χ1) is 9.52. The van der Waals surface area contributed by atoms with Gasteiger partial charge in [0.1, 0.15) is 0 Å². The summed E-state index contributed by atoms with van der Waals surface area (Å²) in [6.45, 7) is 7.55. The van der Waals surface area contributed by atoms with Gasteiger partial charge in [-0.2, -0.15) is 0 Å². The van der Waals surface area contributed by atoms with Crippen LogP contribution in [0.15, 0.2) is 33.2 Å². The van der Waals surface area contributed by atoms with Gasteiger partial charge in [0.05, 0.1) is 6.04 Å². The second-order valence-electron chi connectivity index (χ2n) is 4.96. The molecule has 1 nitrogen and oxygen atoms in total. The number of hydrogen-bond donors (Lipinski definition) is 1. The number of thiophene rings is 1. The lowest BCUT2D eigenvalue weighted by Crippen LogP contribution is -2.23. The lowest BCUT2D eigenvalue weighted by Gasteiger charge is -2.21. The van der Waals surface area contributed by atoms with Crippen LogP contribution in [-0.4, -0.2) is 6.54 Å². The van der Waals surface area contributed by atoms with Crippen molar-refractivity contribution in [1.82, 2.24) is 5.32 Å². The van der Waals surface area contributed by atoms with Crippen LogP contribution in [0.2, 0.25) is 0 Å². The Hall–Kier alpha value is -0.160. The molecule has 108 valence electrons. The van der Waals surface area contributed by atoms with Crippen LogP contribution in [0.5, 0.6) is 0 Å². The van der Waals surface area contributed by atoms with E-state index >= 15 is 0 Å². The Labute approximate surface area is 142 Å². The highest BCUT2D eigenvalue weighted by molar-refractivity contribution is 9.10. The Kier molecular flexibility index (Phi) is 5.84. The number of rotatable bonds is 5. The van der Waals surface area contributed by atoms with Gasteiger partial charge in [0.15, 0.2) is 0 Å². The van der Waals surface area contributed by atoms with E-state index in [1.807, 2.05) is 11.3 Å². The molecule has 1 atom stereocenters. The summed E-state index contributed by atoms with van der Waals surface area (Å²) in [4.78, 5) is 2.70. The highest BCUT2D eigenvalue weighted by Gasteiger charge is 2.20. The fourth-order valence-corrected chi connectivity index (χ4v) is 4.74. The van der Waals surface area contributed by atoms with Crippen LogP contribution < -0.4 is 5.32 Å². The van der Waals surface area contributed by atoms with Crippen molar-refractivity contribution < 1.29 is 0 Å². The van der Waals surface area contributed by atoms with Gasteiger partial charge in [-0.25, -0.2) is 0 Å². The first kappa shape index (κ1) is 16.2. The molecule has 0 saturated heterocycles. The number of aryl methyl sites for hydroxylation is 2. The molecule has 2 aromatic rings. The molecule has 2 rings (SSSR count). The molecule has 0 aliphatic rings. The van der Waals surface area contributed by atoms with Gasteiger partial charge in [-0.15, -0.1) is 11.3 Å². The average molecular weight is 417 g/mol. The Morgan fingerprint density at radius 1 is 1.20 bits per heavy atom. The molecule has 0 aliphatic carbocycles. The van der Waals surface area contributed by atoms with E-state index in [1.165, 1.54) is 25.4 Å². The zero-order valence-electron chi connectivity index (χ0n) is 12.0. The molecule has 1 heterocycles. The molecular weight excluding hydrogens is 398 g/mol. The van der Waals surface area contributed by atoms with Gasteiger partial charge in [0.25, 0.3) is 0 Å². The van der Waals surface area contributed by atoms with E-state index in [9.17, 15) is 0 Å². The summed E-state index contributed by atoms with van der Waals surface area (Å²) in [5, 5.41) is 3.68. The molecule has 0 saturated carbocycles. The van der Waals surface area contributed by atoms with E-state index in [-0.39, 0.29) is 6.04 Å². The van der Waals surface area contributed by atoms with Gasteiger partial charge in [0, 0.05) is 18.7 Å². The zero-order chi connectivity index (χ0) is 14.7. The van der Waals surface area contributed by atoms with Crippen molar-refractivity contribution in [2.45, 2.75) is 33.2 Å². The number of halogens is 2. The predicted octanol–water partition coefficient (Wildman–Crippen LogP) is 5.98. The number of hydrogen-bond acceptors (Lipinski definition) is 2. The molecule has 0 amide bonds. The van der Waals surface area contributed by atoms with Gasteiger partial charge >= 0.3 is 0 Å². The molecule has 0 bridgehead atoms. The van der Waals surface area contributed by atoms with Crippen LogP contribution in [0.25, 0.3) is 0 Å². The summed E-state index contributed by atoms with van der Waals surface area (Å²) in [7, 11) is 0. The number of benzene rings is 1. The van der Waals surface area contributed by atoms with E-state index in [0.717, 1.165) is 17.4 Å². The summed E-state index contributed by atoms with van der Waals surface area (Å²) in [5.41, 5.74) is 2.66. The third-order valence-electron chi connectivity index (χ3n) is 3.24. The van der Waals surface area contributed by atoms with Crippen molar-refractivity contribution in [3.63, 3.8) is 0 Å². The third kappa shape index (κ3) is 3.73. The number of nitrogens with one attached hydrogen (secondary N) is 1. The smallest absolute Gasteiger partial charge is 0.0685 e. The molecule has 1 aromatic carbocycles. The average Bonchev–Trinajstić information content (AvgIpc) is 2.71. The molecule has 0 aliphatic heterocycles. The quantitative estimate of drug-likeness (QED) is 0.632. The summed E-state index contributed by atoms with van der Waals surface area (Å²) >= 11 is 9.11. The normalized spacial score (nSPS) is 12.7. The zero-order valence-corrected chi connectivity index (χ0v) is 16.0. The summed E-state index contributed by atoms with van der Waals surface area (Å²) in [5.74, 6) is 0. The summed E-state index contributed by atoms with van der Waals surface area (Å²) < 4.78 is 2.34. The van der Waals surface area contributed by atoms with Crippen molar-refractivity contribution in [3.8, 4) is 0 Å². The van der Waals surface area contributed by atoms with Crippen LogP contribution in [0.4, 0.5) is 0 Å². The van der Waals surface area contributed by atoms with Crippen LogP contribution in [-0.2, 0) is 0 Å². The highest BCUT2D eigenvalue weighted by Crippen LogP contribution is 2.37. The Morgan fingerprint density at radius 2 is 1.95 bits per heavy atom. The molecule has 0 spiro atoms. The maximum atomic E-state index is 3.71. The molecule has 1 N–H and O–H groups in total. The van der Waals surface area contributed by atoms with Crippen molar-refractivity contribution in [1.29, 1.82) is 0 Å². The Morgan fingerprint density at radius 3 is 2.50 bits per heavy atom. The standard InChI is InChI=1S/C16H19Br2NS/c1-4-7-19-15(16-14(18)9-11(3)20-16)13-6-5-12(17)8-10(13)2/h5-6,8-9,15,19H,4,7H2,1-3H3. The van der Waals surface area contributed by atoms with E-state index < -0.39 is 0 Å². The van der Waals surface area contributed by atoms with Gasteiger partial charge in [0.2, 0.25) is 0 Å². The Bertz CT molecular complexity index is 592. The topological polar surface area (TPSA) is 12.0 Å². The Balaban J connectivity index is 2.44. The van der Waals surface area contributed by atoms with Gasteiger partial charge in [-0.3, -0.25) is 0 Å². The largest absolute Gasteiger partial charge is 0.306 e. The fraction of sp³-hybridized carbons (Fsp3) is 0.375. The van der Waals surface area contributed by atoms with E-state index in [2.05, 4.69) is 82.2 Å². The van der Waals surface area contributed by atoms with Crippen molar-refractivity contribution in [3.05, 3.63) is 54.1 Å². The minimum Gasteiger partial charge on any atom is -0.306 e. The maximum Gasteiger partial charge on any atom is 0.0685 e. The van der Waals surface area contributed by atoms with Gasteiger partial charge in [-0.05, 0) is 72.1 Å². The lowest BCUT2D eigenvalue weighted by atomic mass is 10.00. The van der Waals surface area contributed by atoms with Crippen molar-refractivity contribution in [2.75, 3.05) is 6.54 Å². The maximum absolute atomic E-state index is 3.71. The molecule has 1 unspecified atom stereocenters. The second-order valence-corrected chi connectivity index (χ2v) is 8.02. The van der Waals surface area contributed by atoms with E-state index in [0.29, 0.717) is 0 Å². The van der Waals surface area contributed by atoms with Crippen LogP contribution in [0.3, 0.4) is 0 Å². The van der Waals surface area contributed by atoms with Gasteiger partial charge < -0.3 is 5.32 Å². The summed E-state index contributed by atoms with van der Waals surface area (Å²) in [6, 6.07) is 8.99. The first-order valence-corrected chi connectivity index (χ1v) is 9.18. The van der Waals surface area contributed by atoms with E-state index in [4.69, 9.17) is 0 Å². The van der Waals surface area contributed by atoms with E-state index in [1.54, 1.807) is 0 Å². The lowest BCUT2D eigenvalue weighted by molar-refractivity contribution is 0.602. The first-order valence-electron chi connectivity index (χ1n) is 6.78. The monoisotopic (exact) mass is 415 g/mol. The van der Waals surface area contributed by atoms with Crippen LogP contribution >= 0.6 is 43.2 Å². The highest BCUT2D eigenvalue weighted by atomic mass is 79.9. The van der Waals surface area contributed by atoms with Crippen LogP contribution in [0.1, 0.15) is 40.3 Å². The van der Waals surface area contributed by atoms with Crippen LogP contribution in [0, 0.1) is 13.8 Å². The van der Waals surface area contributed by atoms with Crippen molar-refractivity contribution in [2.24, 2.45) is 0 Å². The predicted molar refractivity (Wildman–Crippen MR) is 95.8 cm³/mol. The molecule has 20 heavy (non-hydrogen) atoms. The molecule has 0 radical (unpaired) electrons. The van der Waals surface area contributed by atoms with Gasteiger partial charge in [-0.1, -0.05) is 28.9 Å². The third-order valence-corrected chi connectivity index (χ3v) is 5.77. The minimum atomic E-state index is 0.260.